The SMILES string of the molecule is O=C1CCN(c2cnc3c(N4CC5CC(C4)N5)cccn23)C(=O)N1. The van der Waals surface area contributed by atoms with Crippen molar-refractivity contribution in [3.63, 3.8) is 0 Å². The molecule has 124 valence electrons. The first-order chi connectivity index (χ1) is 11.7. The van der Waals surface area contributed by atoms with Crippen LogP contribution in [0.25, 0.3) is 5.65 Å². The van der Waals surface area contributed by atoms with Gasteiger partial charge in [0.05, 0.1) is 11.9 Å². The van der Waals surface area contributed by atoms with Gasteiger partial charge in [-0.3, -0.25) is 19.4 Å². The fraction of sp³-hybridized carbons (Fsp3) is 0.438. The first kappa shape index (κ1) is 13.8. The third-order valence-corrected chi connectivity index (χ3v) is 5.09. The van der Waals surface area contributed by atoms with Crippen molar-refractivity contribution < 1.29 is 9.59 Å². The van der Waals surface area contributed by atoms with E-state index in [9.17, 15) is 9.59 Å². The summed E-state index contributed by atoms with van der Waals surface area (Å²) in [6.45, 7) is 2.34. The number of anilines is 2. The van der Waals surface area contributed by atoms with E-state index in [-0.39, 0.29) is 11.9 Å². The lowest BCUT2D eigenvalue weighted by Crippen LogP contribution is -2.67. The van der Waals surface area contributed by atoms with Crippen LogP contribution in [0.1, 0.15) is 12.8 Å². The van der Waals surface area contributed by atoms with Gasteiger partial charge in [0.25, 0.3) is 0 Å². The van der Waals surface area contributed by atoms with Crippen LogP contribution in [0.15, 0.2) is 24.5 Å². The number of nitrogens with zero attached hydrogens (tertiary/aromatic N) is 4. The van der Waals surface area contributed by atoms with Crippen LogP contribution in [0.5, 0.6) is 0 Å². The van der Waals surface area contributed by atoms with Crippen molar-refractivity contribution in [1.29, 1.82) is 0 Å². The van der Waals surface area contributed by atoms with Gasteiger partial charge >= 0.3 is 6.03 Å². The maximum Gasteiger partial charge on any atom is 0.329 e. The molecule has 0 aliphatic carbocycles. The molecule has 2 bridgehead atoms. The number of rotatable bonds is 2. The molecule has 4 fully saturated rings. The normalized spacial score (nSPS) is 26.5. The lowest BCUT2D eigenvalue weighted by Gasteiger charge is -2.49. The number of fused-ring (bicyclic) bond motifs is 3. The van der Waals surface area contributed by atoms with E-state index in [1.54, 1.807) is 11.1 Å². The number of carbonyl (C=O) groups is 2. The van der Waals surface area contributed by atoms with E-state index < -0.39 is 0 Å². The smallest absolute Gasteiger partial charge is 0.329 e. The quantitative estimate of drug-likeness (QED) is 0.831. The van der Waals surface area contributed by atoms with Crippen LogP contribution in [-0.2, 0) is 4.79 Å². The van der Waals surface area contributed by atoms with Gasteiger partial charge < -0.3 is 10.2 Å². The van der Waals surface area contributed by atoms with Crippen molar-refractivity contribution >= 4 is 29.1 Å². The molecule has 2 aromatic rings. The van der Waals surface area contributed by atoms with Crippen LogP contribution >= 0.6 is 0 Å². The van der Waals surface area contributed by atoms with Crippen molar-refractivity contribution in [3.8, 4) is 0 Å². The number of hydrogen-bond donors (Lipinski definition) is 2. The Morgan fingerprint density at radius 2 is 2.00 bits per heavy atom. The number of piperidine rings is 1. The zero-order valence-corrected chi connectivity index (χ0v) is 13.1. The highest BCUT2D eigenvalue weighted by atomic mass is 16.2. The van der Waals surface area contributed by atoms with E-state index in [2.05, 4.69) is 26.6 Å². The number of nitrogens with one attached hydrogen (secondary N) is 2. The van der Waals surface area contributed by atoms with Crippen LogP contribution in [0.4, 0.5) is 16.3 Å². The summed E-state index contributed by atoms with van der Waals surface area (Å²) in [4.78, 5) is 32.0. The fourth-order valence-corrected chi connectivity index (χ4v) is 3.92. The standard InChI is InChI=1S/C16H18N6O2/c23-13-3-5-22(16(24)19-13)14-7-17-15-12(2-1-4-21(14)15)20-8-10-6-11(9-20)18-10/h1-2,4,7,10-11,18H,3,5-6,8-9H2,(H,19,23,24). The monoisotopic (exact) mass is 326 g/mol. The van der Waals surface area contributed by atoms with Gasteiger partial charge in [0.2, 0.25) is 5.91 Å². The Morgan fingerprint density at radius 1 is 1.21 bits per heavy atom. The lowest BCUT2D eigenvalue weighted by molar-refractivity contribution is -0.120. The maximum absolute atomic E-state index is 12.1. The van der Waals surface area contributed by atoms with Crippen LogP contribution in [-0.4, -0.2) is 53.0 Å². The molecule has 8 nitrogen and oxygen atoms in total. The second-order valence-corrected chi connectivity index (χ2v) is 6.66. The first-order valence-corrected chi connectivity index (χ1v) is 8.27. The van der Waals surface area contributed by atoms with E-state index in [1.807, 2.05) is 16.7 Å². The van der Waals surface area contributed by atoms with Gasteiger partial charge in [0.1, 0.15) is 5.82 Å². The molecule has 6 rings (SSSR count). The summed E-state index contributed by atoms with van der Waals surface area (Å²) in [7, 11) is 0. The molecule has 2 unspecified atom stereocenters. The zero-order chi connectivity index (χ0) is 16.3. The third kappa shape index (κ3) is 1.99. The van der Waals surface area contributed by atoms with Gasteiger partial charge in [-0.2, -0.15) is 0 Å². The summed E-state index contributed by atoms with van der Waals surface area (Å²) in [5, 5.41) is 5.89. The molecular formula is C16H18N6O2. The summed E-state index contributed by atoms with van der Waals surface area (Å²) < 4.78 is 1.93. The molecule has 0 saturated carbocycles. The Bertz CT molecular complexity index is 830. The number of aromatic nitrogens is 2. The largest absolute Gasteiger partial charge is 0.365 e. The molecule has 2 atom stereocenters. The van der Waals surface area contributed by atoms with E-state index in [0.717, 1.165) is 24.4 Å². The van der Waals surface area contributed by atoms with E-state index in [4.69, 9.17) is 0 Å². The van der Waals surface area contributed by atoms with E-state index in [0.29, 0.717) is 30.9 Å². The van der Waals surface area contributed by atoms with Gasteiger partial charge in [0.15, 0.2) is 5.65 Å². The second kappa shape index (κ2) is 4.94. The number of pyridine rings is 1. The molecule has 0 radical (unpaired) electrons. The Kier molecular flexibility index (Phi) is 2.84. The van der Waals surface area contributed by atoms with Gasteiger partial charge in [0, 0.05) is 44.3 Å². The van der Waals surface area contributed by atoms with Gasteiger partial charge in [-0.05, 0) is 18.6 Å². The topological polar surface area (TPSA) is 82.0 Å². The lowest BCUT2D eigenvalue weighted by atomic mass is 9.91. The van der Waals surface area contributed by atoms with Crippen molar-refractivity contribution in [1.82, 2.24) is 20.0 Å². The average Bonchev–Trinajstić information content (AvgIpc) is 2.98. The molecule has 2 N–H and O–H groups in total. The molecule has 6 heterocycles. The predicted octanol–water partition coefficient (Wildman–Crippen LogP) is 0.331. The van der Waals surface area contributed by atoms with Crippen molar-refractivity contribution in [2.45, 2.75) is 24.9 Å². The summed E-state index contributed by atoms with van der Waals surface area (Å²) >= 11 is 0. The predicted molar refractivity (Wildman–Crippen MR) is 88.2 cm³/mol. The second-order valence-electron chi connectivity index (χ2n) is 6.66. The highest BCUT2D eigenvalue weighted by molar-refractivity contribution is 6.05. The Hall–Kier alpha value is -2.61. The molecule has 4 saturated heterocycles. The average molecular weight is 326 g/mol. The molecule has 0 aromatic carbocycles. The molecule has 8 heteroatoms. The molecular weight excluding hydrogens is 308 g/mol. The van der Waals surface area contributed by atoms with E-state index in [1.165, 1.54) is 6.42 Å². The summed E-state index contributed by atoms with van der Waals surface area (Å²) in [6.07, 6.45) is 5.17. The number of amides is 3. The van der Waals surface area contributed by atoms with Gasteiger partial charge in [-0.15, -0.1) is 0 Å². The van der Waals surface area contributed by atoms with E-state index >= 15 is 0 Å². The van der Waals surface area contributed by atoms with Gasteiger partial charge in [-0.25, -0.2) is 9.78 Å². The summed E-state index contributed by atoms with van der Waals surface area (Å²) in [5.41, 5.74) is 1.94. The van der Waals surface area contributed by atoms with Crippen LogP contribution < -0.4 is 20.4 Å². The first-order valence-electron chi connectivity index (χ1n) is 8.27. The molecule has 3 amide bonds. The number of imidazole rings is 1. The number of piperazine rings is 1. The molecule has 4 aliphatic rings. The Balaban J connectivity index is 1.52. The zero-order valence-electron chi connectivity index (χ0n) is 13.1. The Labute approximate surface area is 138 Å². The Morgan fingerprint density at radius 3 is 2.75 bits per heavy atom. The highest BCUT2D eigenvalue weighted by Crippen LogP contribution is 2.30. The number of hydrogen-bond acceptors (Lipinski definition) is 5. The molecule has 0 spiro atoms. The summed E-state index contributed by atoms with van der Waals surface area (Å²) in [5.74, 6) is 0.461. The van der Waals surface area contributed by atoms with Crippen molar-refractivity contribution in [2.24, 2.45) is 0 Å². The minimum Gasteiger partial charge on any atom is -0.365 e. The fourth-order valence-electron chi connectivity index (χ4n) is 3.92. The third-order valence-electron chi connectivity index (χ3n) is 5.09. The van der Waals surface area contributed by atoms with Gasteiger partial charge in [-0.1, -0.05) is 0 Å². The van der Waals surface area contributed by atoms with Crippen molar-refractivity contribution in [2.75, 3.05) is 29.4 Å². The van der Waals surface area contributed by atoms with Crippen LogP contribution in [0.3, 0.4) is 0 Å². The maximum atomic E-state index is 12.1. The molecule has 24 heavy (non-hydrogen) atoms. The van der Waals surface area contributed by atoms with Crippen molar-refractivity contribution in [3.05, 3.63) is 24.5 Å². The number of carbonyl (C=O) groups excluding carboxylic acids is 2. The number of urea groups is 1. The molecule has 4 aliphatic heterocycles. The molecule has 2 aromatic heterocycles. The minimum absolute atomic E-state index is 0.231. The minimum atomic E-state index is -0.387. The van der Waals surface area contributed by atoms with Crippen LogP contribution in [0, 0.1) is 0 Å². The number of imide groups is 1. The highest BCUT2D eigenvalue weighted by Gasteiger charge is 2.37. The van der Waals surface area contributed by atoms with Crippen LogP contribution in [0.2, 0.25) is 0 Å². The summed E-state index contributed by atoms with van der Waals surface area (Å²) in [6, 6.07) is 4.81.